The molecule has 114 valence electrons. The van der Waals surface area contributed by atoms with Crippen molar-refractivity contribution in [3.8, 4) is 0 Å². The number of rotatable bonds is 3. The van der Waals surface area contributed by atoms with Crippen molar-refractivity contribution in [2.75, 3.05) is 6.61 Å². The topological polar surface area (TPSA) is 83.8 Å². The maximum absolute atomic E-state index is 11.7. The molecule has 1 saturated carbocycles. The van der Waals surface area contributed by atoms with Crippen LogP contribution in [0.2, 0.25) is 0 Å². The van der Waals surface area contributed by atoms with E-state index in [1.807, 2.05) is 4.57 Å². The van der Waals surface area contributed by atoms with Gasteiger partial charge in [-0.1, -0.05) is 20.8 Å². The number of nitrogens with one attached hydrogen (secondary N) is 1. The van der Waals surface area contributed by atoms with Gasteiger partial charge >= 0.3 is 0 Å². The summed E-state index contributed by atoms with van der Waals surface area (Å²) in [6.45, 7) is 7.58. The lowest BCUT2D eigenvalue weighted by molar-refractivity contribution is 0.0218. The molecule has 0 aliphatic heterocycles. The van der Waals surface area contributed by atoms with Crippen molar-refractivity contribution >= 4 is 11.2 Å². The van der Waals surface area contributed by atoms with Crippen molar-refractivity contribution in [3.63, 3.8) is 0 Å². The summed E-state index contributed by atoms with van der Waals surface area (Å²) in [7, 11) is 0. The lowest BCUT2D eigenvalue weighted by Crippen LogP contribution is -2.38. The highest BCUT2D eigenvalue weighted by atomic mass is 16.3. The van der Waals surface area contributed by atoms with Gasteiger partial charge < -0.3 is 14.7 Å². The lowest BCUT2D eigenvalue weighted by Gasteiger charge is -2.40. The molecular weight excluding hydrogens is 268 g/mol. The Hall–Kier alpha value is -1.69. The van der Waals surface area contributed by atoms with E-state index in [1.165, 1.54) is 6.33 Å². The first-order chi connectivity index (χ1) is 9.89. The predicted octanol–water partition coefficient (Wildman–Crippen LogP) is 1.55. The molecule has 6 heteroatoms. The van der Waals surface area contributed by atoms with Crippen molar-refractivity contribution in [1.29, 1.82) is 0 Å². The third-order valence-electron chi connectivity index (χ3n) is 5.79. The molecule has 1 aliphatic carbocycles. The van der Waals surface area contributed by atoms with Gasteiger partial charge in [-0.15, -0.1) is 0 Å². The molecule has 0 spiro atoms. The second-order valence-corrected chi connectivity index (χ2v) is 6.98. The van der Waals surface area contributed by atoms with Gasteiger partial charge in [-0.05, 0) is 29.6 Å². The zero-order chi connectivity index (χ0) is 15.3. The Morgan fingerprint density at radius 2 is 2.19 bits per heavy atom. The van der Waals surface area contributed by atoms with E-state index in [1.54, 1.807) is 6.33 Å². The molecule has 0 unspecified atom stereocenters. The molecule has 0 bridgehead atoms. The van der Waals surface area contributed by atoms with E-state index in [-0.39, 0.29) is 23.0 Å². The fourth-order valence-electron chi connectivity index (χ4n) is 3.53. The molecule has 0 aromatic carbocycles. The quantitative estimate of drug-likeness (QED) is 0.898. The van der Waals surface area contributed by atoms with Crippen LogP contribution in [0.1, 0.15) is 33.6 Å². The highest BCUT2D eigenvalue weighted by molar-refractivity contribution is 5.68. The molecule has 0 amide bonds. The summed E-state index contributed by atoms with van der Waals surface area (Å²) < 4.78 is 1.96. The number of aliphatic hydroxyl groups excluding tert-OH is 1. The molecule has 3 rings (SSSR count). The number of aromatic amines is 1. The molecular formula is C15H22N4O2. The Morgan fingerprint density at radius 1 is 1.43 bits per heavy atom. The highest BCUT2D eigenvalue weighted by Crippen LogP contribution is 2.56. The van der Waals surface area contributed by atoms with Gasteiger partial charge in [0.15, 0.2) is 11.2 Å². The molecule has 1 fully saturated rings. The molecule has 1 aliphatic rings. The minimum atomic E-state index is -0.204. The number of aliphatic hydroxyl groups is 1. The maximum Gasteiger partial charge on any atom is 0.278 e. The fourth-order valence-corrected chi connectivity index (χ4v) is 3.53. The Kier molecular flexibility index (Phi) is 3.16. The van der Waals surface area contributed by atoms with Crippen LogP contribution in [0.5, 0.6) is 0 Å². The summed E-state index contributed by atoms with van der Waals surface area (Å²) in [4.78, 5) is 22.7. The number of hydrogen-bond donors (Lipinski definition) is 2. The first-order valence-electron chi connectivity index (χ1n) is 7.38. The monoisotopic (exact) mass is 290 g/mol. The smallest absolute Gasteiger partial charge is 0.278 e. The molecule has 2 heterocycles. The predicted molar refractivity (Wildman–Crippen MR) is 79.8 cm³/mol. The van der Waals surface area contributed by atoms with Gasteiger partial charge in [0.2, 0.25) is 0 Å². The van der Waals surface area contributed by atoms with Crippen LogP contribution < -0.4 is 5.56 Å². The molecule has 6 nitrogen and oxygen atoms in total. The minimum Gasteiger partial charge on any atom is -0.396 e. The summed E-state index contributed by atoms with van der Waals surface area (Å²) in [5, 5.41) is 9.74. The van der Waals surface area contributed by atoms with Crippen molar-refractivity contribution < 1.29 is 5.11 Å². The zero-order valence-corrected chi connectivity index (χ0v) is 12.8. The average molecular weight is 290 g/mol. The second-order valence-electron chi connectivity index (χ2n) is 6.98. The summed E-state index contributed by atoms with van der Waals surface area (Å²) in [5.41, 5.74) is 0.786. The average Bonchev–Trinajstić information content (AvgIpc) is 2.95. The Bertz CT molecular complexity index is 718. The Balaban J connectivity index is 1.93. The largest absolute Gasteiger partial charge is 0.396 e. The number of imidazole rings is 1. The van der Waals surface area contributed by atoms with Gasteiger partial charge in [0.05, 0.1) is 12.7 Å². The van der Waals surface area contributed by atoms with Crippen LogP contribution >= 0.6 is 0 Å². The molecule has 2 N–H and O–H groups in total. The van der Waals surface area contributed by atoms with E-state index in [0.29, 0.717) is 17.1 Å². The first-order valence-corrected chi connectivity index (χ1v) is 7.38. The number of aromatic nitrogens is 4. The summed E-state index contributed by atoms with van der Waals surface area (Å²) in [6, 6.07) is 0. The van der Waals surface area contributed by atoms with Crippen molar-refractivity contribution in [2.24, 2.45) is 16.7 Å². The van der Waals surface area contributed by atoms with Crippen molar-refractivity contribution in [3.05, 3.63) is 23.0 Å². The van der Waals surface area contributed by atoms with Crippen LogP contribution in [-0.2, 0) is 6.54 Å². The van der Waals surface area contributed by atoms with E-state index in [0.717, 1.165) is 19.4 Å². The number of nitrogens with zero attached hydrogens (tertiary/aromatic N) is 3. The van der Waals surface area contributed by atoms with E-state index in [2.05, 4.69) is 35.7 Å². The van der Waals surface area contributed by atoms with E-state index < -0.39 is 0 Å². The van der Waals surface area contributed by atoms with E-state index in [9.17, 15) is 9.90 Å². The van der Waals surface area contributed by atoms with Gasteiger partial charge in [-0.3, -0.25) is 4.79 Å². The van der Waals surface area contributed by atoms with Crippen LogP contribution in [0.3, 0.4) is 0 Å². The first kappa shape index (κ1) is 14.3. The molecule has 2 atom stereocenters. The van der Waals surface area contributed by atoms with Crippen LogP contribution in [-0.4, -0.2) is 31.2 Å². The van der Waals surface area contributed by atoms with Crippen LogP contribution in [0.15, 0.2) is 17.4 Å². The molecule has 2 aromatic rings. The van der Waals surface area contributed by atoms with Crippen molar-refractivity contribution in [2.45, 2.75) is 40.2 Å². The number of hydrogen-bond acceptors (Lipinski definition) is 4. The van der Waals surface area contributed by atoms with Gasteiger partial charge in [0, 0.05) is 13.2 Å². The SMILES string of the molecule is CC1(C)[C@@H](Cn2cnc3c(=O)[nH]cnc32)CC[C@@]1(C)CO. The van der Waals surface area contributed by atoms with Crippen LogP contribution in [0, 0.1) is 16.7 Å². The summed E-state index contributed by atoms with van der Waals surface area (Å²) in [6.07, 6.45) is 5.19. The van der Waals surface area contributed by atoms with E-state index >= 15 is 0 Å². The summed E-state index contributed by atoms with van der Waals surface area (Å²) >= 11 is 0. The van der Waals surface area contributed by atoms with Gasteiger partial charge in [0.1, 0.15) is 0 Å². The fraction of sp³-hybridized carbons (Fsp3) is 0.667. The molecule has 0 saturated heterocycles. The van der Waals surface area contributed by atoms with Crippen molar-refractivity contribution in [1.82, 2.24) is 19.5 Å². The third-order valence-corrected chi connectivity index (χ3v) is 5.79. The van der Waals surface area contributed by atoms with E-state index in [4.69, 9.17) is 0 Å². The highest BCUT2D eigenvalue weighted by Gasteiger charge is 2.50. The minimum absolute atomic E-state index is 0.0273. The zero-order valence-electron chi connectivity index (χ0n) is 12.8. The molecule has 0 radical (unpaired) electrons. The maximum atomic E-state index is 11.7. The molecule has 21 heavy (non-hydrogen) atoms. The van der Waals surface area contributed by atoms with Gasteiger partial charge in [0.25, 0.3) is 5.56 Å². The van der Waals surface area contributed by atoms with Crippen LogP contribution in [0.25, 0.3) is 11.2 Å². The normalized spacial score (nSPS) is 28.3. The lowest BCUT2D eigenvalue weighted by atomic mass is 9.66. The summed E-state index contributed by atoms with van der Waals surface area (Å²) in [5.74, 6) is 0.424. The van der Waals surface area contributed by atoms with Gasteiger partial charge in [-0.2, -0.15) is 0 Å². The van der Waals surface area contributed by atoms with Crippen LogP contribution in [0.4, 0.5) is 0 Å². The third kappa shape index (κ3) is 2.00. The number of H-pyrrole nitrogens is 1. The number of fused-ring (bicyclic) bond motifs is 1. The standard InChI is InChI=1S/C15H22N4O2/c1-14(2)10(4-5-15(14,3)7-20)6-19-9-18-11-12(19)16-8-17-13(11)21/h8-10,20H,4-7H2,1-3H3,(H,16,17,21)/t10-,15+/m1/s1. The second kappa shape index (κ2) is 4.66. The van der Waals surface area contributed by atoms with Gasteiger partial charge in [-0.25, -0.2) is 9.97 Å². The molecule has 2 aromatic heterocycles. The Morgan fingerprint density at radius 3 is 2.86 bits per heavy atom. The Labute approximate surface area is 123 Å².